The number of ether oxygens (including phenoxy) is 2. The fourth-order valence-corrected chi connectivity index (χ4v) is 7.26. The number of carbonyl (C=O) groups is 1. The number of esters is 1. The average Bonchev–Trinajstić information content (AvgIpc) is 3.44. The number of carbonyl (C=O) groups excluding carboxylic acids is 1. The summed E-state index contributed by atoms with van der Waals surface area (Å²) in [5.74, 6) is 0.502. The maximum Gasteiger partial charge on any atom is 0.338 e. The van der Waals surface area contributed by atoms with E-state index in [1.54, 1.807) is 11.5 Å². The lowest BCUT2D eigenvalue weighted by Crippen LogP contribution is -2.40. The van der Waals surface area contributed by atoms with E-state index >= 15 is 0 Å². The standard InChI is InChI=1S/C42H36N2O4S/c1-4-47-41(46)37-38(30-14-6-5-7-15-30)43-42-44(39(37)31-23-21-28(22-24-31)27(2)3)40(45)36(49-42)25-32-16-9-11-20-35(32)48-26-33-18-12-17-29-13-8-10-19-34(29)33/h5-25,27,39H,4,26H2,1-3H3/b36-25+/t39-/m0/s1. The normalized spacial score (nSPS) is 14.5. The summed E-state index contributed by atoms with van der Waals surface area (Å²) in [6.07, 6.45) is 1.86. The maximum absolute atomic E-state index is 14.4. The molecule has 49 heavy (non-hydrogen) atoms. The molecule has 244 valence electrons. The minimum absolute atomic E-state index is 0.198. The summed E-state index contributed by atoms with van der Waals surface area (Å²) in [6, 6.07) is 39.2. The third-order valence-corrected chi connectivity index (χ3v) is 9.74. The van der Waals surface area contributed by atoms with Gasteiger partial charge in [-0.15, -0.1) is 0 Å². The van der Waals surface area contributed by atoms with E-state index < -0.39 is 12.0 Å². The van der Waals surface area contributed by atoms with Crippen LogP contribution in [0.1, 0.15) is 60.5 Å². The van der Waals surface area contributed by atoms with Crippen LogP contribution in [0.4, 0.5) is 0 Å². The molecule has 0 radical (unpaired) electrons. The van der Waals surface area contributed by atoms with Gasteiger partial charge < -0.3 is 9.47 Å². The van der Waals surface area contributed by atoms with E-state index in [2.05, 4.69) is 50.2 Å². The fourth-order valence-electron chi connectivity index (χ4n) is 6.27. The van der Waals surface area contributed by atoms with Gasteiger partial charge in [0, 0.05) is 11.1 Å². The minimum atomic E-state index is -0.730. The number of nitrogens with zero attached hydrogens (tertiary/aromatic N) is 2. The molecule has 0 fully saturated rings. The number of thiazole rings is 1. The highest BCUT2D eigenvalue weighted by Crippen LogP contribution is 2.35. The van der Waals surface area contributed by atoms with Crippen molar-refractivity contribution in [2.24, 2.45) is 4.99 Å². The Labute approximate surface area is 288 Å². The van der Waals surface area contributed by atoms with Gasteiger partial charge in [0.05, 0.1) is 28.5 Å². The van der Waals surface area contributed by atoms with Gasteiger partial charge in [0.25, 0.3) is 5.56 Å². The van der Waals surface area contributed by atoms with Crippen molar-refractivity contribution in [2.45, 2.75) is 39.3 Å². The molecule has 1 aromatic heterocycles. The topological polar surface area (TPSA) is 69.9 Å². The predicted molar refractivity (Wildman–Crippen MR) is 196 cm³/mol. The molecule has 0 aliphatic carbocycles. The van der Waals surface area contributed by atoms with Crippen LogP contribution < -0.4 is 19.6 Å². The molecule has 1 aliphatic rings. The SMILES string of the molecule is CCOC(=O)C1=C(c2ccccc2)N=c2s/c(=C/c3ccccc3OCc3cccc4ccccc34)c(=O)n2[C@H]1c1ccc(C(C)C)cc1. The van der Waals surface area contributed by atoms with Gasteiger partial charge in [-0.2, -0.15) is 0 Å². The molecule has 0 spiro atoms. The van der Waals surface area contributed by atoms with Crippen LogP contribution in [0.5, 0.6) is 5.75 Å². The number of hydrogen-bond donors (Lipinski definition) is 0. The number of rotatable bonds is 9. The molecule has 0 bridgehead atoms. The number of para-hydroxylation sites is 1. The highest BCUT2D eigenvalue weighted by Gasteiger charge is 2.35. The van der Waals surface area contributed by atoms with E-state index in [0.29, 0.717) is 38.9 Å². The van der Waals surface area contributed by atoms with Gasteiger partial charge in [-0.05, 0) is 52.4 Å². The third-order valence-electron chi connectivity index (χ3n) is 8.76. The van der Waals surface area contributed by atoms with Gasteiger partial charge in [0.15, 0.2) is 4.80 Å². The van der Waals surface area contributed by atoms with Crippen LogP contribution in [0, 0.1) is 0 Å². The van der Waals surface area contributed by atoms with Gasteiger partial charge in [-0.1, -0.05) is 140 Å². The molecular weight excluding hydrogens is 629 g/mol. The zero-order valence-corrected chi connectivity index (χ0v) is 28.4. The van der Waals surface area contributed by atoms with Crippen LogP contribution in [0.2, 0.25) is 0 Å². The second kappa shape index (κ2) is 13.9. The van der Waals surface area contributed by atoms with Gasteiger partial charge >= 0.3 is 5.97 Å². The first-order valence-electron chi connectivity index (χ1n) is 16.5. The summed E-state index contributed by atoms with van der Waals surface area (Å²) in [7, 11) is 0. The van der Waals surface area contributed by atoms with Crippen molar-refractivity contribution in [3.63, 3.8) is 0 Å². The first-order chi connectivity index (χ1) is 23.9. The van der Waals surface area contributed by atoms with Crippen molar-refractivity contribution >= 4 is 39.9 Å². The molecule has 7 rings (SSSR count). The largest absolute Gasteiger partial charge is 0.488 e. The second-order valence-corrected chi connectivity index (χ2v) is 13.2. The molecule has 0 amide bonds. The molecule has 0 unspecified atom stereocenters. The Morgan fingerprint density at radius 2 is 1.59 bits per heavy atom. The third kappa shape index (κ3) is 6.37. The molecule has 6 aromatic rings. The van der Waals surface area contributed by atoms with Crippen LogP contribution in [0.15, 0.2) is 137 Å². The highest BCUT2D eigenvalue weighted by atomic mass is 32.1. The summed E-state index contributed by atoms with van der Waals surface area (Å²) < 4.78 is 14.1. The smallest absolute Gasteiger partial charge is 0.338 e. The molecule has 1 aliphatic heterocycles. The zero-order chi connectivity index (χ0) is 33.9. The lowest BCUT2D eigenvalue weighted by atomic mass is 9.91. The number of hydrogen-bond acceptors (Lipinski definition) is 6. The highest BCUT2D eigenvalue weighted by molar-refractivity contribution is 7.07. The van der Waals surface area contributed by atoms with Crippen LogP contribution in [0.3, 0.4) is 0 Å². The predicted octanol–water partition coefficient (Wildman–Crippen LogP) is 7.79. The lowest BCUT2D eigenvalue weighted by Gasteiger charge is -2.26. The first kappa shape index (κ1) is 32.0. The van der Waals surface area contributed by atoms with Crippen LogP contribution in [0.25, 0.3) is 22.5 Å². The minimum Gasteiger partial charge on any atom is -0.488 e. The van der Waals surface area contributed by atoms with Gasteiger partial charge in [-0.3, -0.25) is 9.36 Å². The molecule has 0 saturated carbocycles. The first-order valence-corrected chi connectivity index (χ1v) is 17.3. The van der Waals surface area contributed by atoms with Crippen molar-refractivity contribution < 1.29 is 14.3 Å². The van der Waals surface area contributed by atoms with Gasteiger partial charge in [-0.25, -0.2) is 9.79 Å². The number of fused-ring (bicyclic) bond motifs is 2. The van der Waals surface area contributed by atoms with E-state index in [1.807, 2.05) is 91.0 Å². The Morgan fingerprint density at radius 1 is 0.878 bits per heavy atom. The molecule has 2 heterocycles. The summed E-state index contributed by atoms with van der Waals surface area (Å²) in [4.78, 5) is 33.7. The number of benzene rings is 5. The number of aromatic nitrogens is 1. The Balaban J connectivity index is 1.37. The van der Waals surface area contributed by atoms with Gasteiger partial charge in [0.2, 0.25) is 0 Å². The molecule has 0 saturated heterocycles. The van der Waals surface area contributed by atoms with Crippen LogP contribution in [-0.2, 0) is 16.1 Å². The molecule has 7 heteroatoms. The maximum atomic E-state index is 14.4. The van der Waals surface area contributed by atoms with E-state index in [4.69, 9.17) is 14.5 Å². The van der Waals surface area contributed by atoms with Crippen molar-refractivity contribution in [2.75, 3.05) is 6.61 Å². The summed E-state index contributed by atoms with van der Waals surface area (Å²) in [5.41, 5.74) is 5.21. The van der Waals surface area contributed by atoms with Crippen LogP contribution in [-0.4, -0.2) is 17.1 Å². The van der Waals surface area contributed by atoms with Crippen molar-refractivity contribution in [3.05, 3.63) is 174 Å². The summed E-state index contributed by atoms with van der Waals surface area (Å²) in [6.45, 7) is 6.63. The second-order valence-electron chi connectivity index (χ2n) is 12.2. The molecule has 1 atom stereocenters. The Hall–Kier alpha value is -5.53. The molecule has 6 nitrogen and oxygen atoms in total. The van der Waals surface area contributed by atoms with E-state index in [-0.39, 0.29) is 12.2 Å². The molecule has 0 N–H and O–H groups in total. The lowest BCUT2D eigenvalue weighted by molar-refractivity contribution is -0.138. The van der Waals surface area contributed by atoms with Crippen LogP contribution >= 0.6 is 11.3 Å². The van der Waals surface area contributed by atoms with E-state index in [0.717, 1.165) is 33.0 Å². The molecular formula is C42H36N2O4S. The fraction of sp³-hybridized carbons (Fsp3) is 0.167. The molecule has 5 aromatic carbocycles. The van der Waals surface area contributed by atoms with E-state index in [9.17, 15) is 9.59 Å². The monoisotopic (exact) mass is 664 g/mol. The van der Waals surface area contributed by atoms with Crippen molar-refractivity contribution in [1.82, 2.24) is 4.57 Å². The van der Waals surface area contributed by atoms with Gasteiger partial charge in [0.1, 0.15) is 12.4 Å². The van der Waals surface area contributed by atoms with Crippen molar-refractivity contribution in [3.8, 4) is 5.75 Å². The van der Waals surface area contributed by atoms with E-state index in [1.165, 1.54) is 16.9 Å². The average molecular weight is 665 g/mol. The van der Waals surface area contributed by atoms with Crippen molar-refractivity contribution in [1.29, 1.82) is 0 Å². The Morgan fingerprint density at radius 3 is 2.37 bits per heavy atom. The Kier molecular flexibility index (Phi) is 9.09. The summed E-state index contributed by atoms with van der Waals surface area (Å²) in [5, 5.41) is 2.30. The zero-order valence-electron chi connectivity index (χ0n) is 27.6. The Bertz CT molecular complexity index is 2370. The quantitative estimate of drug-likeness (QED) is 0.148. The summed E-state index contributed by atoms with van der Waals surface area (Å²) >= 11 is 1.30.